The van der Waals surface area contributed by atoms with Crippen molar-refractivity contribution in [2.45, 2.75) is 56.7 Å². The second-order valence-electron chi connectivity index (χ2n) is 9.42. The Balaban J connectivity index is 1.96. The molecular formula is C25H33ClN2O6S. The summed E-state index contributed by atoms with van der Waals surface area (Å²) in [5, 5.41) is 0.448. The zero-order valence-corrected chi connectivity index (χ0v) is 22.4. The zero-order chi connectivity index (χ0) is 25.8. The number of benzene rings is 2. The molecule has 0 N–H and O–H groups in total. The van der Waals surface area contributed by atoms with E-state index in [9.17, 15) is 13.2 Å². The van der Waals surface area contributed by atoms with Crippen LogP contribution in [0.5, 0.6) is 11.5 Å². The van der Waals surface area contributed by atoms with Gasteiger partial charge in [-0.15, -0.1) is 0 Å². The van der Waals surface area contributed by atoms with Gasteiger partial charge in [0.15, 0.2) is 11.5 Å². The molecule has 2 aromatic rings. The zero-order valence-electron chi connectivity index (χ0n) is 20.8. The molecule has 8 nitrogen and oxygen atoms in total. The molecule has 1 saturated heterocycles. The molecule has 0 spiro atoms. The van der Waals surface area contributed by atoms with Crippen molar-refractivity contribution in [3.8, 4) is 11.5 Å². The maximum atomic E-state index is 13.8. The molecule has 10 heteroatoms. The van der Waals surface area contributed by atoms with Gasteiger partial charge in [0.2, 0.25) is 10.0 Å². The highest BCUT2D eigenvalue weighted by Gasteiger charge is 2.37. The topological polar surface area (TPSA) is 85.4 Å². The Labute approximate surface area is 212 Å². The van der Waals surface area contributed by atoms with Gasteiger partial charge >= 0.3 is 6.09 Å². The van der Waals surface area contributed by atoms with Crippen LogP contribution in [0, 0.1) is 0 Å². The first-order chi connectivity index (χ1) is 16.4. The summed E-state index contributed by atoms with van der Waals surface area (Å²) in [5.74, 6) is 1.06. The highest BCUT2D eigenvalue weighted by Crippen LogP contribution is 2.31. The molecule has 0 aromatic heterocycles. The average molecular weight is 525 g/mol. The molecule has 1 amide bonds. The predicted octanol–water partition coefficient (Wildman–Crippen LogP) is 4.95. The van der Waals surface area contributed by atoms with Crippen LogP contribution in [-0.2, 0) is 21.3 Å². The summed E-state index contributed by atoms with van der Waals surface area (Å²) in [4.78, 5) is 14.5. The summed E-state index contributed by atoms with van der Waals surface area (Å²) in [6.45, 7) is 6.26. The highest BCUT2D eigenvalue weighted by molar-refractivity contribution is 7.89. The van der Waals surface area contributed by atoms with Crippen molar-refractivity contribution in [2.24, 2.45) is 0 Å². The van der Waals surface area contributed by atoms with Gasteiger partial charge in [-0.2, -0.15) is 4.31 Å². The summed E-state index contributed by atoms with van der Waals surface area (Å²) < 4.78 is 45.4. The first-order valence-electron chi connectivity index (χ1n) is 11.4. The fraction of sp³-hybridized carbons (Fsp3) is 0.480. The molecule has 1 aliphatic heterocycles. The molecule has 0 radical (unpaired) electrons. The summed E-state index contributed by atoms with van der Waals surface area (Å²) in [6.07, 6.45) is 0.819. The largest absolute Gasteiger partial charge is 0.493 e. The van der Waals surface area contributed by atoms with Crippen LogP contribution in [0.3, 0.4) is 0 Å². The van der Waals surface area contributed by atoms with E-state index in [1.807, 2.05) is 0 Å². The van der Waals surface area contributed by atoms with Crippen LogP contribution in [-0.4, -0.2) is 62.7 Å². The van der Waals surface area contributed by atoms with E-state index in [0.29, 0.717) is 35.9 Å². The smallest absolute Gasteiger partial charge is 0.410 e. The van der Waals surface area contributed by atoms with E-state index >= 15 is 0 Å². The standard InChI is InChI=1S/C25H33ClN2O6S/c1-25(2,3)34-24(29)27-14-6-7-20(17-27)28(35(30,31)21-11-9-19(26)10-12-21)16-18-8-13-22(32-4)23(15-18)33-5/h8-13,15,20H,6-7,14,16-17H2,1-5H3. The number of amides is 1. The van der Waals surface area contributed by atoms with Gasteiger partial charge < -0.3 is 19.1 Å². The van der Waals surface area contributed by atoms with Crippen molar-refractivity contribution in [1.29, 1.82) is 0 Å². The molecular weight excluding hydrogens is 492 g/mol. The first-order valence-corrected chi connectivity index (χ1v) is 13.2. The Morgan fingerprint density at radius 2 is 1.74 bits per heavy atom. The maximum Gasteiger partial charge on any atom is 0.410 e. The number of carbonyl (C=O) groups excluding carboxylic acids is 1. The number of nitrogens with zero attached hydrogens (tertiary/aromatic N) is 2. The number of carbonyl (C=O) groups is 1. The fourth-order valence-electron chi connectivity index (χ4n) is 3.99. The summed E-state index contributed by atoms with van der Waals surface area (Å²) in [7, 11) is -0.836. The highest BCUT2D eigenvalue weighted by atomic mass is 35.5. The number of piperidine rings is 1. The fourth-order valence-corrected chi connectivity index (χ4v) is 5.75. The van der Waals surface area contributed by atoms with Crippen molar-refractivity contribution in [3.05, 3.63) is 53.1 Å². The van der Waals surface area contributed by atoms with Crippen LogP contribution in [0.25, 0.3) is 0 Å². The number of methoxy groups -OCH3 is 2. The van der Waals surface area contributed by atoms with E-state index in [1.54, 1.807) is 63.1 Å². The minimum absolute atomic E-state index is 0.0954. The lowest BCUT2D eigenvalue weighted by atomic mass is 10.1. The van der Waals surface area contributed by atoms with E-state index in [-0.39, 0.29) is 18.0 Å². The van der Waals surface area contributed by atoms with E-state index in [0.717, 1.165) is 5.56 Å². The van der Waals surface area contributed by atoms with Gasteiger partial charge in [0.25, 0.3) is 0 Å². The van der Waals surface area contributed by atoms with Crippen molar-refractivity contribution in [2.75, 3.05) is 27.3 Å². The lowest BCUT2D eigenvalue weighted by molar-refractivity contribution is 0.0152. The van der Waals surface area contributed by atoms with Gasteiger partial charge in [-0.25, -0.2) is 13.2 Å². The third kappa shape index (κ3) is 6.80. The van der Waals surface area contributed by atoms with Crippen molar-refractivity contribution < 1.29 is 27.4 Å². The average Bonchev–Trinajstić information content (AvgIpc) is 2.81. The summed E-state index contributed by atoms with van der Waals surface area (Å²) in [6, 6.07) is 11.0. The van der Waals surface area contributed by atoms with Gasteiger partial charge in [-0.3, -0.25) is 0 Å². The van der Waals surface area contributed by atoms with E-state index in [1.165, 1.54) is 23.5 Å². The Bertz CT molecular complexity index is 1130. The molecule has 1 unspecified atom stereocenters. The molecule has 1 aliphatic rings. The number of rotatable bonds is 7. The van der Waals surface area contributed by atoms with Gasteiger partial charge in [0, 0.05) is 30.7 Å². The quantitative estimate of drug-likeness (QED) is 0.509. The van der Waals surface area contributed by atoms with Gasteiger partial charge in [0.1, 0.15) is 5.60 Å². The van der Waals surface area contributed by atoms with Gasteiger partial charge in [0.05, 0.1) is 19.1 Å². The third-order valence-electron chi connectivity index (χ3n) is 5.66. The number of hydrogen-bond donors (Lipinski definition) is 0. The number of ether oxygens (including phenoxy) is 3. The van der Waals surface area contributed by atoms with Crippen LogP contribution < -0.4 is 9.47 Å². The van der Waals surface area contributed by atoms with Crippen LogP contribution >= 0.6 is 11.6 Å². The van der Waals surface area contributed by atoms with Crippen molar-refractivity contribution in [1.82, 2.24) is 9.21 Å². The molecule has 1 heterocycles. The van der Waals surface area contributed by atoms with Crippen LogP contribution in [0.4, 0.5) is 4.79 Å². The maximum absolute atomic E-state index is 13.8. The Morgan fingerprint density at radius 1 is 1.09 bits per heavy atom. The number of hydrogen-bond acceptors (Lipinski definition) is 6. The van der Waals surface area contributed by atoms with Gasteiger partial charge in [-0.1, -0.05) is 17.7 Å². The minimum Gasteiger partial charge on any atom is -0.493 e. The van der Waals surface area contributed by atoms with E-state index in [2.05, 4.69) is 0 Å². The molecule has 0 bridgehead atoms. The molecule has 0 saturated carbocycles. The van der Waals surface area contributed by atoms with Crippen molar-refractivity contribution in [3.63, 3.8) is 0 Å². The molecule has 1 atom stereocenters. The molecule has 35 heavy (non-hydrogen) atoms. The summed E-state index contributed by atoms with van der Waals surface area (Å²) >= 11 is 6.00. The van der Waals surface area contributed by atoms with Crippen LogP contribution in [0.15, 0.2) is 47.4 Å². The van der Waals surface area contributed by atoms with E-state index < -0.39 is 27.8 Å². The normalized spacial score (nSPS) is 16.8. The number of halogens is 1. The SMILES string of the molecule is COc1ccc(CN(C2CCCN(C(=O)OC(C)(C)C)C2)S(=O)(=O)c2ccc(Cl)cc2)cc1OC. The molecule has 0 aliphatic carbocycles. The number of likely N-dealkylation sites (tertiary alicyclic amines) is 1. The van der Waals surface area contributed by atoms with Crippen molar-refractivity contribution >= 4 is 27.7 Å². The monoisotopic (exact) mass is 524 g/mol. The number of sulfonamides is 1. The van der Waals surface area contributed by atoms with Crippen LogP contribution in [0.1, 0.15) is 39.2 Å². The molecule has 1 fully saturated rings. The minimum atomic E-state index is -3.91. The lowest BCUT2D eigenvalue weighted by Crippen LogP contribution is -2.52. The lowest BCUT2D eigenvalue weighted by Gasteiger charge is -2.39. The second kappa shape index (κ2) is 11.1. The van der Waals surface area contributed by atoms with Crippen LogP contribution in [0.2, 0.25) is 5.02 Å². The van der Waals surface area contributed by atoms with E-state index in [4.69, 9.17) is 25.8 Å². The Morgan fingerprint density at radius 3 is 2.34 bits per heavy atom. The predicted molar refractivity (Wildman–Crippen MR) is 135 cm³/mol. The second-order valence-corrected chi connectivity index (χ2v) is 11.7. The third-order valence-corrected chi connectivity index (χ3v) is 7.83. The summed E-state index contributed by atoms with van der Waals surface area (Å²) in [5.41, 5.74) is 0.0910. The Kier molecular flexibility index (Phi) is 8.56. The molecule has 2 aromatic carbocycles. The molecule has 3 rings (SSSR count). The Hall–Kier alpha value is -2.49. The van der Waals surface area contributed by atoms with Gasteiger partial charge in [-0.05, 0) is 75.6 Å². The first kappa shape index (κ1) is 27.1. The molecule has 192 valence electrons.